The van der Waals surface area contributed by atoms with E-state index in [1.54, 1.807) is 25.1 Å². The molecule has 46 heavy (non-hydrogen) atoms. The first kappa shape index (κ1) is 29.4. The first-order valence-corrected chi connectivity index (χ1v) is 16.0. The fourth-order valence-corrected chi connectivity index (χ4v) is 8.07. The number of hydrogen-bond acceptors (Lipinski definition) is 5. The second-order valence-corrected chi connectivity index (χ2v) is 13.7. The van der Waals surface area contributed by atoms with Crippen LogP contribution in [0.4, 0.5) is 17.6 Å². The fourth-order valence-electron chi connectivity index (χ4n) is 8.07. The fraction of sp³-hybridized carbons (Fsp3) is 0.515. The van der Waals surface area contributed by atoms with Gasteiger partial charge in [0.25, 0.3) is 11.8 Å². The molecule has 0 spiro atoms. The van der Waals surface area contributed by atoms with Gasteiger partial charge in [-0.2, -0.15) is 0 Å². The number of amides is 2. The van der Waals surface area contributed by atoms with Crippen LogP contribution in [0.15, 0.2) is 24.3 Å². The molecule has 6 atom stereocenters. The number of likely N-dealkylation sites (tertiary alicyclic amines) is 1. The lowest BCUT2D eigenvalue weighted by Crippen LogP contribution is -2.41. The molecule has 0 radical (unpaired) electrons. The van der Waals surface area contributed by atoms with Gasteiger partial charge < -0.3 is 25.1 Å². The standard InChI is InChI=1S/C33H35F4N7O2/c1-15-21-7-5-17-11-24(44(29(17)40-21)14-33(36,37)9-3-4-16-10-19(16)31(45)39-15)30-41-22-12-20(25(34)26(35)28(22)42(30)2)32(46)43-13-18-6-8-23(43)27(18)38/h5,7,11-12,15-16,18-19,23,27H,3-4,6,8-10,13-14,38H2,1-2H3,(H,39,45)/t15-,16-,18-,19-,23-,27-/m1/s1. The Morgan fingerprint density at radius 3 is 2.63 bits per heavy atom. The molecule has 2 aliphatic heterocycles. The number of nitrogens with zero attached hydrogens (tertiary/aromatic N) is 5. The quantitative estimate of drug-likeness (QED) is 0.299. The zero-order valence-electron chi connectivity index (χ0n) is 25.6. The minimum atomic E-state index is -3.11. The number of rotatable bonds is 2. The molecule has 5 heterocycles. The molecule has 4 bridgehead atoms. The summed E-state index contributed by atoms with van der Waals surface area (Å²) in [4.78, 5) is 37.1. The number of carbonyl (C=O) groups is 2. The van der Waals surface area contributed by atoms with Gasteiger partial charge in [-0.15, -0.1) is 0 Å². The van der Waals surface area contributed by atoms with Gasteiger partial charge in [-0.25, -0.2) is 27.5 Å². The number of aromatic nitrogens is 4. The van der Waals surface area contributed by atoms with Crippen LogP contribution in [-0.4, -0.2) is 60.4 Å². The Hall–Kier alpha value is -4.00. The number of imidazole rings is 1. The lowest BCUT2D eigenvalue weighted by molar-refractivity contribution is -0.123. The van der Waals surface area contributed by atoms with E-state index in [2.05, 4.69) is 10.3 Å². The van der Waals surface area contributed by atoms with Crippen LogP contribution < -0.4 is 11.1 Å². The van der Waals surface area contributed by atoms with E-state index in [9.17, 15) is 9.59 Å². The van der Waals surface area contributed by atoms with E-state index in [0.29, 0.717) is 30.5 Å². The highest BCUT2D eigenvalue weighted by molar-refractivity contribution is 5.99. The van der Waals surface area contributed by atoms with Crippen LogP contribution >= 0.6 is 0 Å². The number of benzene rings is 1. The summed E-state index contributed by atoms with van der Waals surface area (Å²) >= 11 is 0. The number of aryl methyl sites for hydroxylation is 1. The molecule has 3 N–H and O–H groups in total. The monoisotopic (exact) mass is 637 g/mol. The second-order valence-electron chi connectivity index (χ2n) is 13.7. The number of carbonyl (C=O) groups excluding carboxylic acids is 2. The molecule has 4 aromatic rings. The minimum absolute atomic E-state index is 0.0306. The SMILES string of the molecule is C[C@H]1NC(=O)[C@@H]2C[C@H]2CCCC(F)(F)Cn2c(-c3nc4cc(C(=O)N5C[C@H]6CC[C@@H]5[C@@H]6N)c(F)c(F)c4n3C)cc3ccc1nc32. The predicted molar refractivity (Wildman–Crippen MR) is 162 cm³/mol. The molecule has 242 valence electrons. The van der Waals surface area contributed by atoms with Crippen LogP contribution in [-0.2, 0) is 18.4 Å². The Bertz CT molecular complexity index is 1940. The molecule has 3 fully saturated rings. The summed E-state index contributed by atoms with van der Waals surface area (Å²) in [7, 11) is 1.49. The Morgan fingerprint density at radius 2 is 1.89 bits per heavy atom. The Balaban J connectivity index is 1.24. The van der Waals surface area contributed by atoms with Crippen LogP contribution in [0.3, 0.4) is 0 Å². The van der Waals surface area contributed by atoms with E-state index in [1.165, 1.54) is 27.1 Å². The molecule has 1 saturated heterocycles. The summed E-state index contributed by atoms with van der Waals surface area (Å²) in [5.74, 6) is -6.15. The molecule has 3 aromatic heterocycles. The average molecular weight is 638 g/mol. The highest BCUT2D eigenvalue weighted by Gasteiger charge is 2.48. The van der Waals surface area contributed by atoms with Crippen LogP contribution in [0, 0.1) is 29.4 Å². The Morgan fingerprint density at radius 1 is 1.09 bits per heavy atom. The van der Waals surface area contributed by atoms with Gasteiger partial charge in [0.1, 0.15) is 11.2 Å². The van der Waals surface area contributed by atoms with E-state index in [4.69, 9.17) is 10.7 Å². The van der Waals surface area contributed by atoms with Crippen molar-refractivity contribution in [3.8, 4) is 11.5 Å². The molecule has 2 aliphatic carbocycles. The molecule has 8 rings (SSSR count). The van der Waals surface area contributed by atoms with Crippen molar-refractivity contribution in [2.45, 2.75) is 76.0 Å². The van der Waals surface area contributed by atoms with Gasteiger partial charge >= 0.3 is 0 Å². The lowest BCUT2D eigenvalue weighted by Gasteiger charge is -2.27. The third kappa shape index (κ3) is 4.52. The summed E-state index contributed by atoms with van der Waals surface area (Å²) in [5, 5.41) is 3.57. The van der Waals surface area contributed by atoms with Crippen molar-refractivity contribution in [1.82, 2.24) is 29.3 Å². The molecule has 9 nitrogen and oxygen atoms in total. The molecular weight excluding hydrogens is 602 g/mol. The van der Waals surface area contributed by atoms with Gasteiger partial charge in [-0.3, -0.25) is 9.59 Å². The summed E-state index contributed by atoms with van der Waals surface area (Å²) in [6.07, 6.45) is 2.75. The van der Waals surface area contributed by atoms with Crippen LogP contribution in [0.25, 0.3) is 33.6 Å². The van der Waals surface area contributed by atoms with Crippen LogP contribution in [0.5, 0.6) is 0 Å². The number of pyridine rings is 1. The number of nitrogens with two attached hydrogens (primary N) is 1. The largest absolute Gasteiger partial charge is 0.348 e. The third-order valence-electron chi connectivity index (χ3n) is 10.7. The topological polar surface area (TPSA) is 111 Å². The van der Waals surface area contributed by atoms with Crippen LogP contribution in [0.1, 0.15) is 67.5 Å². The summed E-state index contributed by atoms with van der Waals surface area (Å²) in [6.45, 7) is 1.50. The molecular formula is C33H35F4N7O2. The number of nitrogens with one attached hydrogen (secondary N) is 1. The predicted octanol–water partition coefficient (Wildman–Crippen LogP) is 5.06. The third-order valence-corrected chi connectivity index (χ3v) is 10.7. The van der Waals surface area contributed by atoms with Crippen molar-refractivity contribution in [2.24, 2.45) is 30.5 Å². The van der Waals surface area contributed by atoms with Gasteiger partial charge in [-0.1, -0.05) is 0 Å². The molecule has 2 saturated carbocycles. The zero-order valence-corrected chi connectivity index (χ0v) is 25.6. The molecule has 2 amide bonds. The van der Waals surface area contributed by atoms with Crippen molar-refractivity contribution in [1.29, 1.82) is 0 Å². The highest BCUT2D eigenvalue weighted by Crippen LogP contribution is 2.44. The normalized spacial score (nSPS) is 28.9. The van der Waals surface area contributed by atoms with Gasteiger partial charge in [-0.05, 0) is 75.1 Å². The maximum Gasteiger partial charge on any atom is 0.265 e. The van der Waals surface area contributed by atoms with Crippen molar-refractivity contribution in [3.63, 3.8) is 0 Å². The van der Waals surface area contributed by atoms with Gasteiger partial charge in [0.2, 0.25) is 5.91 Å². The van der Waals surface area contributed by atoms with Crippen molar-refractivity contribution >= 4 is 33.9 Å². The van der Waals surface area contributed by atoms with Gasteiger partial charge in [0.05, 0.1) is 35.1 Å². The van der Waals surface area contributed by atoms with E-state index < -0.39 is 41.6 Å². The Kier molecular flexibility index (Phi) is 6.55. The minimum Gasteiger partial charge on any atom is -0.348 e. The van der Waals surface area contributed by atoms with E-state index in [-0.39, 0.29) is 76.8 Å². The first-order valence-electron chi connectivity index (χ1n) is 16.0. The average Bonchev–Trinajstić information content (AvgIpc) is 3.24. The molecule has 0 unspecified atom stereocenters. The first-order chi connectivity index (χ1) is 21.9. The maximum absolute atomic E-state index is 15.8. The zero-order chi connectivity index (χ0) is 32.2. The van der Waals surface area contributed by atoms with E-state index >= 15 is 17.6 Å². The number of fused-ring (bicyclic) bond motifs is 5. The van der Waals surface area contributed by atoms with Gasteiger partial charge in [0, 0.05) is 43.4 Å². The number of hydrogen-bond donors (Lipinski definition) is 2. The lowest BCUT2D eigenvalue weighted by atomic mass is 10.1. The summed E-state index contributed by atoms with van der Waals surface area (Å²) in [5.41, 5.74) is 6.71. The van der Waals surface area contributed by atoms with Crippen LogP contribution in [0.2, 0.25) is 0 Å². The number of halogens is 4. The Labute approximate surface area is 262 Å². The number of piperidine rings is 1. The van der Waals surface area contributed by atoms with Crippen molar-refractivity contribution in [3.05, 3.63) is 47.2 Å². The maximum atomic E-state index is 15.8. The highest BCUT2D eigenvalue weighted by atomic mass is 19.3. The second kappa shape index (κ2) is 10.2. The van der Waals surface area contributed by atoms with Crippen molar-refractivity contribution in [2.75, 3.05) is 6.54 Å². The van der Waals surface area contributed by atoms with E-state index in [1.807, 2.05) is 0 Å². The summed E-state index contributed by atoms with van der Waals surface area (Å²) in [6, 6.07) is 5.53. The number of alkyl halides is 2. The van der Waals surface area contributed by atoms with Crippen molar-refractivity contribution < 1.29 is 27.2 Å². The molecule has 1 aromatic carbocycles. The summed E-state index contributed by atoms with van der Waals surface area (Å²) < 4.78 is 65.3. The van der Waals surface area contributed by atoms with Gasteiger partial charge in [0.15, 0.2) is 17.5 Å². The van der Waals surface area contributed by atoms with E-state index in [0.717, 1.165) is 12.8 Å². The molecule has 13 heteroatoms. The smallest absolute Gasteiger partial charge is 0.265 e. The molecule has 4 aliphatic rings.